The Kier molecular flexibility index (Phi) is 3.77. The van der Waals surface area contributed by atoms with Crippen molar-refractivity contribution in [3.05, 3.63) is 29.5 Å². The molecule has 0 bridgehead atoms. The molecule has 0 aliphatic heterocycles. The summed E-state index contributed by atoms with van der Waals surface area (Å²) >= 11 is 0. The van der Waals surface area contributed by atoms with Crippen LogP contribution in [0.1, 0.15) is 18.2 Å². The maximum atomic E-state index is 9.05. The summed E-state index contributed by atoms with van der Waals surface area (Å²) in [6.45, 7) is 7.57. The van der Waals surface area contributed by atoms with Crippen molar-refractivity contribution in [2.75, 3.05) is 24.6 Å². The van der Waals surface area contributed by atoms with Crippen LogP contribution in [0, 0.1) is 13.8 Å². The van der Waals surface area contributed by atoms with Crippen molar-refractivity contribution >= 4 is 16.9 Å². The zero-order chi connectivity index (χ0) is 13.1. The monoisotopic (exact) mass is 245 g/mol. The molecule has 0 radical (unpaired) electrons. The summed E-state index contributed by atoms with van der Waals surface area (Å²) in [5.41, 5.74) is 3.15. The van der Waals surface area contributed by atoms with Crippen LogP contribution in [0.2, 0.25) is 0 Å². The summed E-state index contributed by atoms with van der Waals surface area (Å²) < 4.78 is 0. The van der Waals surface area contributed by atoms with Crippen LogP contribution in [0.5, 0.6) is 0 Å². The molecule has 0 saturated carbocycles. The van der Waals surface area contributed by atoms with Crippen LogP contribution in [0.4, 0.5) is 5.95 Å². The van der Waals surface area contributed by atoms with Crippen LogP contribution >= 0.6 is 0 Å². The van der Waals surface area contributed by atoms with Crippen molar-refractivity contribution in [2.45, 2.75) is 20.8 Å². The Bertz CT molecular complexity index is 554. The zero-order valence-electron chi connectivity index (χ0n) is 11.1. The fraction of sp³-hybridized carbons (Fsp3) is 0.429. The predicted octanol–water partition coefficient (Wildman–Crippen LogP) is 2.07. The number of fused-ring (bicyclic) bond motifs is 1. The van der Waals surface area contributed by atoms with Crippen LogP contribution in [0.15, 0.2) is 18.2 Å². The van der Waals surface area contributed by atoms with E-state index in [9.17, 15) is 0 Å². The average Bonchev–Trinajstić information content (AvgIpc) is 2.36. The van der Waals surface area contributed by atoms with E-state index in [4.69, 9.17) is 5.11 Å². The molecule has 0 spiro atoms. The fourth-order valence-corrected chi connectivity index (χ4v) is 2.04. The van der Waals surface area contributed by atoms with Gasteiger partial charge in [-0.15, -0.1) is 0 Å². The van der Waals surface area contributed by atoms with E-state index in [-0.39, 0.29) is 6.61 Å². The summed E-state index contributed by atoms with van der Waals surface area (Å²) in [5.74, 6) is 0.695. The molecular weight excluding hydrogens is 226 g/mol. The van der Waals surface area contributed by atoms with Crippen molar-refractivity contribution in [2.24, 2.45) is 0 Å². The molecule has 4 heteroatoms. The fourth-order valence-electron chi connectivity index (χ4n) is 2.04. The SMILES string of the molecule is CCN(CCO)c1nc(C)c2cc(C)ccc2n1. The second kappa shape index (κ2) is 5.31. The quantitative estimate of drug-likeness (QED) is 0.895. The molecule has 4 nitrogen and oxygen atoms in total. The third-order valence-electron chi connectivity index (χ3n) is 3.06. The van der Waals surface area contributed by atoms with E-state index in [1.54, 1.807) is 0 Å². The minimum atomic E-state index is 0.113. The number of hydrogen-bond donors (Lipinski definition) is 1. The van der Waals surface area contributed by atoms with E-state index in [2.05, 4.69) is 29.0 Å². The molecule has 96 valence electrons. The minimum absolute atomic E-state index is 0.113. The number of aryl methyl sites for hydroxylation is 2. The smallest absolute Gasteiger partial charge is 0.226 e. The van der Waals surface area contributed by atoms with Crippen molar-refractivity contribution in [1.29, 1.82) is 0 Å². The van der Waals surface area contributed by atoms with Crippen LogP contribution in [0.25, 0.3) is 10.9 Å². The number of anilines is 1. The Labute approximate surface area is 107 Å². The van der Waals surface area contributed by atoms with E-state index < -0.39 is 0 Å². The van der Waals surface area contributed by atoms with Gasteiger partial charge < -0.3 is 10.0 Å². The lowest BCUT2D eigenvalue weighted by atomic mass is 10.1. The number of aliphatic hydroxyl groups is 1. The summed E-state index contributed by atoms with van der Waals surface area (Å²) in [6, 6.07) is 6.19. The highest BCUT2D eigenvalue weighted by Gasteiger charge is 2.10. The third kappa shape index (κ3) is 2.43. The molecule has 0 atom stereocenters. The van der Waals surface area contributed by atoms with Gasteiger partial charge in [-0.3, -0.25) is 0 Å². The van der Waals surface area contributed by atoms with Crippen LogP contribution < -0.4 is 4.90 Å². The molecule has 2 aromatic rings. The lowest BCUT2D eigenvalue weighted by molar-refractivity contribution is 0.302. The maximum Gasteiger partial charge on any atom is 0.226 e. The molecule has 0 amide bonds. The Morgan fingerprint density at radius 1 is 1.22 bits per heavy atom. The van der Waals surface area contributed by atoms with Crippen molar-refractivity contribution in [3.63, 3.8) is 0 Å². The topological polar surface area (TPSA) is 49.2 Å². The number of aliphatic hydroxyl groups excluding tert-OH is 1. The Hall–Kier alpha value is -1.68. The van der Waals surface area contributed by atoms with E-state index >= 15 is 0 Å². The van der Waals surface area contributed by atoms with E-state index in [1.807, 2.05) is 24.8 Å². The van der Waals surface area contributed by atoms with Gasteiger partial charge in [-0.05, 0) is 32.9 Å². The molecule has 2 rings (SSSR count). The standard InChI is InChI=1S/C14H19N3O/c1-4-17(7-8-18)14-15-11(3)12-9-10(2)5-6-13(12)16-14/h5-6,9,18H,4,7-8H2,1-3H3. The van der Waals surface area contributed by atoms with Gasteiger partial charge in [0.05, 0.1) is 17.8 Å². The molecule has 1 N–H and O–H groups in total. The molecule has 0 aliphatic carbocycles. The predicted molar refractivity (Wildman–Crippen MR) is 74.0 cm³/mol. The van der Waals surface area contributed by atoms with Crippen molar-refractivity contribution < 1.29 is 5.11 Å². The average molecular weight is 245 g/mol. The highest BCUT2D eigenvalue weighted by molar-refractivity contribution is 5.82. The molecule has 1 heterocycles. The van der Waals surface area contributed by atoms with E-state index in [0.29, 0.717) is 12.5 Å². The second-order valence-corrected chi connectivity index (χ2v) is 4.43. The van der Waals surface area contributed by atoms with E-state index in [1.165, 1.54) is 5.56 Å². The molecule has 18 heavy (non-hydrogen) atoms. The maximum absolute atomic E-state index is 9.05. The molecule has 0 aliphatic rings. The summed E-state index contributed by atoms with van der Waals surface area (Å²) in [7, 11) is 0. The van der Waals surface area contributed by atoms with Crippen molar-refractivity contribution in [3.8, 4) is 0 Å². The normalized spacial score (nSPS) is 10.9. The number of aromatic nitrogens is 2. The number of hydrogen-bond acceptors (Lipinski definition) is 4. The first-order chi connectivity index (χ1) is 8.65. The molecule has 0 saturated heterocycles. The zero-order valence-corrected chi connectivity index (χ0v) is 11.1. The largest absolute Gasteiger partial charge is 0.395 e. The summed E-state index contributed by atoms with van der Waals surface area (Å²) in [4.78, 5) is 11.1. The molecular formula is C14H19N3O. The van der Waals surface area contributed by atoms with Gasteiger partial charge >= 0.3 is 0 Å². The van der Waals surface area contributed by atoms with Gasteiger partial charge in [-0.1, -0.05) is 11.6 Å². The molecule has 1 aromatic heterocycles. The van der Waals surface area contributed by atoms with Gasteiger partial charge in [0, 0.05) is 18.5 Å². The van der Waals surface area contributed by atoms with Gasteiger partial charge in [0.25, 0.3) is 0 Å². The highest BCUT2D eigenvalue weighted by atomic mass is 16.3. The third-order valence-corrected chi connectivity index (χ3v) is 3.06. The van der Waals surface area contributed by atoms with Crippen LogP contribution in [-0.4, -0.2) is 34.8 Å². The molecule has 0 fully saturated rings. The van der Waals surface area contributed by atoms with Gasteiger partial charge in [0.2, 0.25) is 5.95 Å². The Morgan fingerprint density at radius 3 is 2.67 bits per heavy atom. The first-order valence-corrected chi connectivity index (χ1v) is 6.26. The Morgan fingerprint density at radius 2 is 2.00 bits per heavy atom. The Balaban J connectivity index is 2.51. The lowest BCUT2D eigenvalue weighted by Crippen LogP contribution is -2.28. The van der Waals surface area contributed by atoms with Gasteiger partial charge in [-0.2, -0.15) is 0 Å². The summed E-state index contributed by atoms with van der Waals surface area (Å²) in [6.07, 6.45) is 0. The second-order valence-electron chi connectivity index (χ2n) is 4.43. The minimum Gasteiger partial charge on any atom is -0.395 e. The van der Waals surface area contributed by atoms with Crippen LogP contribution in [-0.2, 0) is 0 Å². The van der Waals surface area contributed by atoms with Gasteiger partial charge in [0.1, 0.15) is 0 Å². The molecule has 1 aromatic carbocycles. The first-order valence-electron chi connectivity index (χ1n) is 6.26. The summed E-state index contributed by atoms with van der Waals surface area (Å²) in [5, 5.41) is 10.1. The van der Waals surface area contributed by atoms with Gasteiger partial charge in [-0.25, -0.2) is 9.97 Å². The highest BCUT2D eigenvalue weighted by Crippen LogP contribution is 2.20. The first kappa shape index (κ1) is 12.8. The number of likely N-dealkylation sites (N-methyl/N-ethyl adjacent to an activating group) is 1. The number of benzene rings is 1. The van der Waals surface area contributed by atoms with Crippen molar-refractivity contribution in [1.82, 2.24) is 9.97 Å². The number of nitrogens with zero attached hydrogens (tertiary/aromatic N) is 3. The number of rotatable bonds is 4. The molecule has 0 unspecified atom stereocenters. The van der Waals surface area contributed by atoms with Gasteiger partial charge in [0.15, 0.2) is 0 Å². The lowest BCUT2D eigenvalue weighted by Gasteiger charge is -2.20. The van der Waals surface area contributed by atoms with Crippen LogP contribution in [0.3, 0.4) is 0 Å². The van der Waals surface area contributed by atoms with E-state index in [0.717, 1.165) is 23.1 Å².